The highest BCUT2D eigenvalue weighted by Gasteiger charge is 2.07. The van der Waals surface area contributed by atoms with Gasteiger partial charge in [-0.1, -0.05) is 13.8 Å². The van der Waals surface area contributed by atoms with Crippen molar-refractivity contribution in [3.63, 3.8) is 0 Å². The lowest BCUT2D eigenvalue weighted by molar-refractivity contribution is 0.0955. The quantitative estimate of drug-likeness (QED) is 0.191. The normalized spacial score (nSPS) is 12.3. The summed E-state index contributed by atoms with van der Waals surface area (Å²) in [4.78, 5) is 16.5. The van der Waals surface area contributed by atoms with E-state index in [1.807, 2.05) is 6.92 Å². The highest BCUT2D eigenvalue weighted by atomic mass is 127. The third kappa shape index (κ3) is 10.5. The van der Waals surface area contributed by atoms with Crippen LogP contribution < -0.4 is 16.0 Å². The van der Waals surface area contributed by atoms with Gasteiger partial charge < -0.3 is 21.1 Å². The molecule has 0 saturated carbocycles. The molecule has 0 saturated heterocycles. The number of halogens is 1. The van der Waals surface area contributed by atoms with Crippen LogP contribution in [0.15, 0.2) is 29.3 Å². The number of rotatable bonds is 9. The van der Waals surface area contributed by atoms with Gasteiger partial charge in [0.15, 0.2) is 5.96 Å². The van der Waals surface area contributed by atoms with Crippen LogP contribution in [0.1, 0.15) is 50.9 Å². The maximum Gasteiger partial charge on any atom is 0.251 e. The molecule has 0 aliphatic rings. The topological polar surface area (TPSA) is 85.8 Å². The summed E-state index contributed by atoms with van der Waals surface area (Å²) in [5.41, 5.74) is 0.522. The third-order valence-electron chi connectivity index (χ3n) is 3.70. The molecule has 0 bridgehead atoms. The van der Waals surface area contributed by atoms with Crippen LogP contribution in [-0.4, -0.2) is 42.6 Å². The van der Waals surface area contributed by atoms with Gasteiger partial charge in [0.05, 0.1) is 6.54 Å². The molecule has 0 heterocycles. The van der Waals surface area contributed by atoms with E-state index in [0.717, 1.165) is 18.9 Å². The Labute approximate surface area is 174 Å². The van der Waals surface area contributed by atoms with E-state index < -0.39 is 0 Å². The van der Waals surface area contributed by atoms with E-state index >= 15 is 0 Å². The molecule has 0 aliphatic heterocycles. The summed E-state index contributed by atoms with van der Waals surface area (Å²) < 4.78 is 0. The number of aliphatic imine (C=N–C) groups is 1. The fraction of sp³-hybridized carbons (Fsp3) is 0.579. The monoisotopic (exact) mass is 476 g/mol. The molecule has 1 aromatic carbocycles. The van der Waals surface area contributed by atoms with Crippen molar-refractivity contribution in [1.29, 1.82) is 0 Å². The predicted octanol–water partition coefficient (Wildman–Crippen LogP) is 3.12. The lowest BCUT2D eigenvalue weighted by atomic mass is 10.0. The summed E-state index contributed by atoms with van der Waals surface area (Å²) in [5, 5.41) is 18.7. The highest BCUT2D eigenvalue weighted by molar-refractivity contribution is 14.0. The molecule has 0 aliphatic carbocycles. The zero-order valence-electron chi connectivity index (χ0n) is 16.2. The third-order valence-corrected chi connectivity index (χ3v) is 3.70. The number of benzene rings is 1. The van der Waals surface area contributed by atoms with Crippen LogP contribution in [0.4, 0.5) is 0 Å². The van der Waals surface area contributed by atoms with Crippen LogP contribution >= 0.6 is 24.0 Å². The predicted molar refractivity (Wildman–Crippen MR) is 119 cm³/mol. The van der Waals surface area contributed by atoms with Gasteiger partial charge in [-0.3, -0.25) is 9.79 Å². The molecule has 1 atom stereocenters. The first-order valence-electron chi connectivity index (χ1n) is 9.04. The molecule has 0 aromatic heterocycles. The minimum absolute atomic E-state index is 0. The molecule has 4 N–H and O–H groups in total. The van der Waals surface area contributed by atoms with Crippen molar-refractivity contribution in [3.8, 4) is 5.75 Å². The van der Waals surface area contributed by atoms with Crippen molar-refractivity contribution in [2.45, 2.75) is 46.6 Å². The summed E-state index contributed by atoms with van der Waals surface area (Å²) >= 11 is 0. The van der Waals surface area contributed by atoms with Crippen LogP contribution in [0.25, 0.3) is 0 Å². The maximum absolute atomic E-state index is 12.0. The van der Waals surface area contributed by atoms with Gasteiger partial charge in [0, 0.05) is 24.7 Å². The standard InChI is InChI=1S/C19H32N4O2.HI/c1-5-20-19(23-15(4)7-6-14(2)3)22-13-12-21-18(25)16-8-10-17(24)11-9-16;/h8-11,14-15,24H,5-7,12-13H2,1-4H3,(H,21,25)(H2,20,22,23);1H. The Balaban J connectivity index is 0.00000625. The summed E-state index contributed by atoms with van der Waals surface area (Å²) in [6, 6.07) is 6.54. The fourth-order valence-electron chi connectivity index (χ4n) is 2.26. The van der Waals surface area contributed by atoms with Crippen molar-refractivity contribution < 1.29 is 9.90 Å². The number of carbonyl (C=O) groups is 1. The summed E-state index contributed by atoms with van der Waals surface area (Å²) in [5.74, 6) is 1.45. The number of phenols is 1. The van der Waals surface area contributed by atoms with Crippen molar-refractivity contribution in [1.82, 2.24) is 16.0 Å². The van der Waals surface area contributed by atoms with Crippen LogP contribution in [-0.2, 0) is 0 Å². The van der Waals surface area contributed by atoms with Gasteiger partial charge in [-0.2, -0.15) is 0 Å². The van der Waals surface area contributed by atoms with Gasteiger partial charge in [-0.15, -0.1) is 24.0 Å². The average molecular weight is 476 g/mol. The second-order valence-electron chi connectivity index (χ2n) is 6.58. The van der Waals surface area contributed by atoms with E-state index in [9.17, 15) is 9.90 Å². The molecule has 0 spiro atoms. The molecule has 0 fully saturated rings. The number of guanidine groups is 1. The number of hydrogen-bond donors (Lipinski definition) is 4. The van der Waals surface area contributed by atoms with Crippen molar-refractivity contribution in [2.24, 2.45) is 10.9 Å². The minimum Gasteiger partial charge on any atom is -0.508 e. The first-order valence-corrected chi connectivity index (χ1v) is 9.04. The van der Waals surface area contributed by atoms with E-state index in [1.165, 1.54) is 18.6 Å². The zero-order valence-corrected chi connectivity index (χ0v) is 18.5. The molecule has 148 valence electrons. The van der Waals surface area contributed by atoms with Gasteiger partial charge in [-0.05, 0) is 56.9 Å². The van der Waals surface area contributed by atoms with Gasteiger partial charge in [0.2, 0.25) is 0 Å². The molecule has 0 radical (unpaired) electrons. The van der Waals surface area contributed by atoms with Crippen molar-refractivity contribution >= 4 is 35.8 Å². The first-order chi connectivity index (χ1) is 11.9. The molecular weight excluding hydrogens is 443 g/mol. The van der Waals surface area contributed by atoms with E-state index in [2.05, 4.69) is 41.7 Å². The van der Waals surface area contributed by atoms with Crippen LogP contribution in [0.5, 0.6) is 5.75 Å². The number of phenolic OH excluding ortho intramolecular Hbond substituents is 1. The first kappa shape index (κ1) is 24.5. The van der Waals surface area contributed by atoms with Gasteiger partial charge in [0.25, 0.3) is 5.91 Å². The second kappa shape index (κ2) is 13.7. The van der Waals surface area contributed by atoms with Gasteiger partial charge >= 0.3 is 0 Å². The SMILES string of the molecule is CCNC(=NCCNC(=O)c1ccc(O)cc1)NC(C)CCC(C)C.I. The fourth-order valence-corrected chi connectivity index (χ4v) is 2.26. The second-order valence-corrected chi connectivity index (χ2v) is 6.58. The Morgan fingerprint density at radius 1 is 1.12 bits per heavy atom. The van der Waals surface area contributed by atoms with Gasteiger partial charge in [-0.25, -0.2) is 0 Å². The molecule has 1 aromatic rings. The Hall–Kier alpha value is -1.51. The molecule has 7 heteroatoms. The number of nitrogens with one attached hydrogen (secondary N) is 3. The molecule has 6 nitrogen and oxygen atoms in total. The lowest BCUT2D eigenvalue weighted by Gasteiger charge is -2.18. The largest absolute Gasteiger partial charge is 0.508 e. The van der Waals surface area contributed by atoms with Crippen molar-refractivity contribution in [2.75, 3.05) is 19.6 Å². The average Bonchev–Trinajstić information content (AvgIpc) is 2.57. The number of aromatic hydroxyl groups is 1. The van der Waals surface area contributed by atoms with E-state index in [-0.39, 0.29) is 35.6 Å². The molecule has 1 unspecified atom stereocenters. The van der Waals surface area contributed by atoms with Crippen LogP contribution in [0, 0.1) is 5.92 Å². The highest BCUT2D eigenvalue weighted by Crippen LogP contribution is 2.09. The molecule has 1 rings (SSSR count). The van der Waals surface area contributed by atoms with Gasteiger partial charge in [0.1, 0.15) is 5.75 Å². The molecule has 26 heavy (non-hydrogen) atoms. The lowest BCUT2D eigenvalue weighted by Crippen LogP contribution is -2.42. The Kier molecular flexibility index (Phi) is 12.9. The van der Waals surface area contributed by atoms with Crippen LogP contribution in [0.2, 0.25) is 0 Å². The maximum atomic E-state index is 12.0. The molecule has 1 amide bonds. The summed E-state index contributed by atoms with van der Waals surface area (Å²) in [6.45, 7) is 10.4. The van der Waals surface area contributed by atoms with E-state index in [1.54, 1.807) is 12.1 Å². The van der Waals surface area contributed by atoms with Crippen molar-refractivity contribution in [3.05, 3.63) is 29.8 Å². The number of hydrogen-bond acceptors (Lipinski definition) is 3. The Bertz CT molecular complexity index is 547. The van der Waals surface area contributed by atoms with Crippen LogP contribution in [0.3, 0.4) is 0 Å². The Morgan fingerprint density at radius 2 is 1.77 bits per heavy atom. The number of carbonyl (C=O) groups excluding carboxylic acids is 1. The summed E-state index contributed by atoms with van der Waals surface area (Å²) in [7, 11) is 0. The number of nitrogens with zero attached hydrogens (tertiary/aromatic N) is 1. The number of amides is 1. The Morgan fingerprint density at radius 3 is 2.35 bits per heavy atom. The summed E-state index contributed by atoms with van der Waals surface area (Å²) in [6.07, 6.45) is 2.27. The minimum atomic E-state index is -0.168. The molecular formula is C19H33IN4O2. The smallest absolute Gasteiger partial charge is 0.251 e. The van der Waals surface area contributed by atoms with E-state index in [0.29, 0.717) is 30.6 Å². The van der Waals surface area contributed by atoms with E-state index in [4.69, 9.17) is 0 Å². The zero-order chi connectivity index (χ0) is 18.7.